The minimum Gasteiger partial charge on any atom is -0.382 e. The molecule has 162 valence electrons. The van der Waals surface area contributed by atoms with E-state index in [1.165, 1.54) is 57.5 Å². The third-order valence-electron chi connectivity index (χ3n) is 6.63. The van der Waals surface area contributed by atoms with Crippen molar-refractivity contribution in [3.05, 3.63) is 82.0 Å². The van der Waals surface area contributed by atoms with E-state index in [2.05, 4.69) is 92.3 Å². The molecule has 2 heterocycles. The summed E-state index contributed by atoms with van der Waals surface area (Å²) in [5.41, 5.74) is 11.6. The fourth-order valence-electron chi connectivity index (χ4n) is 4.70. The van der Waals surface area contributed by atoms with Gasteiger partial charge >= 0.3 is 0 Å². The highest BCUT2D eigenvalue weighted by atomic mass is 15.1. The molecular weight excluding hydrogens is 378 g/mol. The van der Waals surface area contributed by atoms with Crippen LogP contribution in [-0.4, -0.2) is 29.0 Å². The van der Waals surface area contributed by atoms with E-state index in [9.17, 15) is 0 Å². The van der Waals surface area contributed by atoms with Gasteiger partial charge in [0.25, 0.3) is 0 Å². The summed E-state index contributed by atoms with van der Waals surface area (Å²) in [7, 11) is 0. The van der Waals surface area contributed by atoms with E-state index in [4.69, 9.17) is 0 Å². The van der Waals surface area contributed by atoms with Crippen molar-refractivity contribution in [2.45, 2.75) is 60.0 Å². The second-order valence-corrected chi connectivity index (χ2v) is 9.36. The van der Waals surface area contributed by atoms with Crippen LogP contribution >= 0.6 is 0 Å². The number of hydrogen-bond acceptors (Lipinski definition) is 3. The lowest BCUT2D eigenvalue weighted by Gasteiger charge is -2.33. The maximum absolute atomic E-state index is 4.66. The zero-order valence-corrected chi connectivity index (χ0v) is 19.6. The summed E-state index contributed by atoms with van der Waals surface area (Å²) >= 11 is 0. The third-order valence-corrected chi connectivity index (χ3v) is 6.63. The zero-order chi connectivity index (χ0) is 22.0. The maximum atomic E-state index is 4.66. The summed E-state index contributed by atoms with van der Waals surface area (Å²) < 4.78 is 0. The van der Waals surface area contributed by atoms with Crippen LogP contribution in [0.1, 0.15) is 46.2 Å². The zero-order valence-electron chi connectivity index (χ0n) is 19.6. The molecule has 4 rings (SSSR count). The van der Waals surface area contributed by atoms with Gasteiger partial charge in [0.2, 0.25) is 0 Å². The second-order valence-electron chi connectivity index (χ2n) is 9.36. The molecule has 3 aromatic rings. The molecule has 0 bridgehead atoms. The Morgan fingerprint density at radius 2 is 1.52 bits per heavy atom. The molecule has 3 nitrogen and oxygen atoms in total. The van der Waals surface area contributed by atoms with Crippen LogP contribution in [0.3, 0.4) is 0 Å². The van der Waals surface area contributed by atoms with Crippen LogP contribution in [0, 0.1) is 34.6 Å². The number of nitrogens with zero attached hydrogens (tertiary/aromatic N) is 2. The minimum absolute atomic E-state index is 0.559. The highest BCUT2D eigenvalue weighted by Crippen LogP contribution is 2.25. The van der Waals surface area contributed by atoms with Crippen molar-refractivity contribution in [3.63, 3.8) is 0 Å². The van der Waals surface area contributed by atoms with Crippen LogP contribution in [0.15, 0.2) is 48.7 Å². The molecule has 31 heavy (non-hydrogen) atoms. The maximum Gasteiger partial charge on any atom is 0.0705 e. The van der Waals surface area contributed by atoms with E-state index in [-0.39, 0.29) is 0 Å². The number of anilines is 1. The predicted molar refractivity (Wildman–Crippen MR) is 132 cm³/mol. The molecule has 2 aromatic carbocycles. The Morgan fingerprint density at radius 3 is 2.16 bits per heavy atom. The number of hydrogen-bond donors (Lipinski definition) is 1. The number of pyridine rings is 1. The fourth-order valence-corrected chi connectivity index (χ4v) is 4.70. The first-order valence-electron chi connectivity index (χ1n) is 11.5. The van der Waals surface area contributed by atoms with Crippen LogP contribution in [-0.2, 0) is 6.54 Å². The highest BCUT2D eigenvalue weighted by molar-refractivity contribution is 5.63. The van der Waals surface area contributed by atoms with Gasteiger partial charge in [-0.25, -0.2) is 0 Å². The average molecular weight is 414 g/mol. The van der Waals surface area contributed by atoms with E-state index in [0.717, 1.165) is 25.3 Å². The molecule has 0 spiro atoms. The molecule has 0 saturated carbocycles. The second kappa shape index (κ2) is 9.23. The van der Waals surface area contributed by atoms with E-state index < -0.39 is 0 Å². The standard InChI is InChI=1S/C28H35N3/c1-19-12-20(2)14-27(13-19)30-26-7-10-31(11-8-26)18-24-6-9-29-28(17-24)25-15-21(3)23(5)22(4)16-25/h6,9,12-17,26,30H,7-8,10-11,18H2,1-5H3. The van der Waals surface area contributed by atoms with Crippen LogP contribution in [0.5, 0.6) is 0 Å². The SMILES string of the molecule is Cc1cc(C)cc(NC2CCN(Cc3ccnc(-c4cc(C)c(C)c(C)c4)c3)CC2)c1. The predicted octanol–water partition coefficient (Wildman–Crippen LogP) is 6.37. The minimum atomic E-state index is 0.559. The average Bonchev–Trinajstić information content (AvgIpc) is 2.72. The van der Waals surface area contributed by atoms with Gasteiger partial charge in [-0.1, -0.05) is 6.07 Å². The van der Waals surface area contributed by atoms with Crippen molar-refractivity contribution in [2.24, 2.45) is 0 Å². The van der Waals surface area contributed by atoms with Crippen molar-refractivity contribution < 1.29 is 0 Å². The Bertz CT molecular complexity index is 1020. The highest BCUT2D eigenvalue weighted by Gasteiger charge is 2.19. The summed E-state index contributed by atoms with van der Waals surface area (Å²) in [4.78, 5) is 7.23. The van der Waals surface area contributed by atoms with E-state index in [1.54, 1.807) is 0 Å². The number of aryl methyl sites for hydroxylation is 4. The van der Waals surface area contributed by atoms with Crippen molar-refractivity contribution >= 4 is 5.69 Å². The molecule has 1 aliphatic heterocycles. The molecule has 0 radical (unpaired) electrons. The molecule has 0 amide bonds. The van der Waals surface area contributed by atoms with Crippen molar-refractivity contribution in [2.75, 3.05) is 18.4 Å². The smallest absolute Gasteiger partial charge is 0.0705 e. The number of piperidine rings is 1. The first kappa shape index (κ1) is 21.6. The largest absolute Gasteiger partial charge is 0.382 e. The Hall–Kier alpha value is -2.65. The Morgan fingerprint density at radius 1 is 0.871 bits per heavy atom. The van der Waals surface area contributed by atoms with Crippen molar-refractivity contribution in [1.82, 2.24) is 9.88 Å². The van der Waals surface area contributed by atoms with Crippen molar-refractivity contribution in [3.8, 4) is 11.3 Å². The van der Waals surface area contributed by atoms with Gasteiger partial charge in [-0.2, -0.15) is 0 Å². The first-order valence-corrected chi connectivity index (χ1v) is 11.5. The quantitative estimate of drug-likeness (QED) is 0.527. The Kier molecular flexibility index (Phi) is 6.43. The molecule has 3 heteroatoms. The number of nitrogens with one attached hydrogen (secondary N) is 1. The molecule has 0 aliphatic carbocycles. The van der Waals surface area contributed by atoms with Gasteiger partial charge in [-0.15, -0.1) is 0 Å². The van der Waals surface area contributed by atoms with Gasteiger partial charge in [-0.05, 0) is 117 Å². The molecule has 1 fully saturated rings. The van der Waals surface area contributed by atoms with Crippen LogP contribution in [0.4, 0.5) is 5.69 Å². The lowest BCUT2D eigenvalue weighted by atomic mass is 9.98. The van der Waals surface area contributed by atoms with Crippen LogP contribution in [0.25, 0.3) is 11.3 Å². The number of benzene rings is 2. The molecule has 1 aromatic heterocycles. The number of rotatable bonds is 5. The lowest BCUT2D eigenvalue weighted by Crippen LogP contribution is -2.38. The summed E-state index contributed by atoms with van der Waals surface area (Å²) in [5.74, 6) is 0. The van der Waals surface area contributed by atoms with E-state index >= 15 is 0 Å². The monoisotopic (exact) mass is 413 g/mol. The van der Waals surface area contributed by atoms with Gasteiger partial charge in [0.1, 0.15) is 0 Å². The fraction of sp³-hybridized carbons (Fsp3) is 0.393. The van der Waals surface area contributed by atoms with E-state index in [0.29, 0.717) is 6.04 Å². The Balaban J connectivity index is 1.37. The summed E-state index contributed by atoms with van der Waals surface area (Å²) in [6, 6.07) is 16.3. The first-order chi connectivity index (χ1) is 14.9. The normalized spacial score (nSPS) is 15.3. The van der Waals surface area contributed by atoms with Crippen LogP contribution in [0.2, 0.25) is 0 Å². The van der Waals surface area contributed by atoms with Crippen LogP contribution < -0.4 is 5.32 Å². The molecular formula is C28H35N3. The topological polar surface area (TPSA) is 28.2 Å². The van der Waals surface area contributed by atoms with Crippen molar-refractivity contribution in [1.29, 1.82) is 0 Å². The van der Waals surface area contributed by atoms with E-state index in [1.807, 2.05) is 6.20 Å². The molecule has 1 saturated heterocycles. The lowest BCUT2D eigenvalue weighted by molar-refractivity contribution is 0.211. The van der Waals surface area contributed by atoms with Gasteiger partial charge in [0.15, 0.2) is 0 Å². The number of likely N-dealkylation sites (tertiary alicyclic amines) is 1. The number of aromatic nitrogens is 1. The van der Waals surface area contributed by atoms with Gasteiger partial charge in [-0.3, -0.25) is 9.88 Å². The molecule has 1 N–H and O–H groups in total. The molecule has 1 aliphatic rings. The summed E-state index contributed by atoms with van der Waals surface area (Å²) in [5, 5.41) is 3.76. The molecule has 0 unspecified atom stereocenters. The van der Waals surface area contributed by atoms with Gasteiger partial charge < -0.3 is 5.32 Å². The molecule has 0 atom stereocenters. The van der Waals surface area contributed by atoms with Gasteiger partial charge in [0, 0.05) is 43.1 Å². The summed E-state index contributed by atoms with van der Waals surface area (Å²) in [6.07, 6.45) is 4.33. The summed E-state index contributed by atoms with van der Waals surface area (Å²) in [6.45, 7) is 14.2. The Labute approximate surface area is 187 Å². The van der Waals surface area contributed by atoms with Gasteiger partial charge in [0.05, 0.1) is 5.69 Å². The third kappa shape index (κ3) is 5.34.